The zero-order chi connectivity index (χ0) is 20.1. The Morgan fingerprint density at radius 2 is 1.78 bits per heavy atom. The van der Waals surface area contributed by atoms with Gasteiger partial charge in [0.1, 0.15) is 11.5 Å². The maximum atomic E-state index is 11.9. The highest BCUT2D eigenvalue weighted by molar-refractivity contribution is 5.94. The van der Waals surface area contributed by atoms with Gasteiger partial charge in [0.05, 0.1) is 26.9 Å². The normalized spacial score (nSPS) is 10.4. The molecule has 0 aliphatic rings. The van der Waals surface area contributed by atoms with Crippen LogP contribution >= 0.6 is 0 Å². The van der Waals surface area contributed by atoms with E-state index in [2.05, 4.69) is 6.58 Å². The average Bonchev–Trinajstić information content (AvgIpc) is 2.66. The molecule has 6 nitrogen and oxygen atoms in total. The molecule has 6 heteroatoms. The van der Waals surface area contributed by atoms with Crippen LogP contribution in [0.3, 0.4) is 0 Å². The van der Waals surface area contributed by atoms with Crippen LogP contribution in [-0.4, -0.2) is 38.9 Å². The summed E-state index contributed by atoms with van der Waals surface area (Å²) in [4.78, 5) is 23.9. The third kappa shape index (κ3) is 7.72. The van der Waals surface area contributed by atoms with Crippen molar-refractivity contribution in [3.63, 3.8) is 0 Å². The highest BCUT2D eigenvalue weighted by Crippen LogP contribution is 2.25. The minimum atomic E-state index is -0.873. The van der Waals surface area contributed by atoms with Gasteiger partial charge in [-0.1, -0.05) is 6.08 Å². The number of esters is 2. The molecular weight excluding hydrogens is 348 g/mol. The van der Waals surface area contributed by atoms with Crippen LogP contribution in [0.4, 0.5) is 0 Å². The third-order valence-corrected chi connectivity index (χ3v) is 3.92. The van der Waals surface area contributed by atoms with Gasteiger partial charge in [-0.3, -0.25) is 9.59 Å². The number of carbonyl (C=O) groups is 2. The Hall–Kier alpha value is -2.50. The molecule has 0 saturated carbocycles. The second-order valence-corrected chi connectivity index (χ2v) is 5.87. The van der Waals surface area contributed by atoms with Crippen LogP contribution < -0.4 is 9.47 Å². The summed E-state index contributed by atoms with van der Waals surface area (Å²) >= 11 is 0. The average molecular weight is 378 g/mol. The second-order valence-electron chi connectivity index (χ2n) is 5.87. The number of unbranched alkanes of at least 4 members (excludes halogenated alkanes) is 1. The van der Waals surface area contributed by atoms with Gasteiger partial charge in [0, 0.05) is 5.56 Å². The minimum absolute atomic E-state index is 0.237. The van der Waals surface area contributed by atoms with Gasteiger partial charge in [-0.25, -0.2) is 0 Å². The van der Waals surface area contributed by atoms with Gasteiger partial charge in [-0.05, 0) is 57.7 Å². The van der Waals surface area contributed by atoms with Gasteiger partial charge in [-0.15, -0.1) is 6.58 Å². The predicted octanol–water partition coefficient (Wildman–Crippen LogP) is 3.72. The molecular formula is C21H30O6. The van der Waals surface area contributed by atoms with Crippen LogP contribution in [0.15, 0.2) is 30.9 Å². The van der Waals surface area contributed by atoms with E-state index in [0.717, 1.165) is 17.1 Å². The molecule has 0 radical (unpaired) electrons. The topological polar surface area (TPSA) is 71.1 Å². The molecule has 0 aliphatic heterocycles. The lowest BCUT2D eigenvalue weighted by Gasteiger charge is -2.15. The van der Waals surface area contributed by atoms with Crippen molar-refractivity contribution in [2.75, 3.05) is 26.9 Å². The molecule has 1 aromatic carbocycles. The van der Waals surface area contributed by atoms with Gasteiger partial charge in [0.15, 0.2) is 5.92 Å². The first-order chi connectivity index (χ1) is 13.1. The number of benzene rings is 1. The zero-order valence-electron chi connectivity index (χ0n) is 16.5. The van der Waals surface area contributed by atoms with Crippen molar-refractivity contribution < 1.29 is 28.5 Å². The van der Waals surface area contributed by atoms with E-state index in [4.69, 9.17) is 18.9 Å². The molecule has 0 fully saturated rings. The lowest BCUT2D eigenvalue weighted by molar-refractivity contribution is -0.162. The van der Waals surface area contributed by atoms with Crippen molar-refractivity contribution in [1.82, 2.24) is 0 Å². The molecule has 27 heavy (non-hydrogen) atoms. The molecule has 0 aromatic heterocycles. The van der Waals surface area contributed by atoms with E-state index in [1.807, 2.05) is 24.3 Å². The Morgan fingerprint density at radius 1 is 1.11 bits per heavy atom. The molecule has 0 aliphatic carbocycles. The van der Waals surface area contributed by atoms with E-state index < -0.39 is 17.9 Å². The third-order valence-electron chi connectivity index (χ3n) is 3.92. The molecule has 0 N–H and O–H groups in total. The molecule has 0 atom stereocenters. The highest BCUT2D eigenvalue weighted by atomic mass is 16.6. The molecule has 0 saturated heterocycles. The summed E-state index contributed by atoms with van der Waals surface area (Å²) in [5, 5.41) is 0. The van der Waals surface area contributed by atoms with E-state index in [1.165, 1.54) is 0 Å². The monoisotopic (exact) mass is 378 g/mol. The molecule has 0 spiro atoms. The fourth-order valence-corrected chi connectivity index (χ4v) is 2.59. The Morgan fingerprint density at radius 3 is 2.33 bits per heavy atom. The number of allylic oxidation sites excluding steroid dienone is 1. The quantitative estimate of drug-likeness (QED) is 0.225. The number of rotatable bonds is 13. The number of carbonyl (C=O) groups excluding carboxylic acids is 2. The van der Waals surface area contributed by atoms with Crippen molar-refractivity contribution in [1.29, 1.82) is 0 Å². The van der Waals surface area contributed by atoms with E-state index in [-0.39, 0.29) is 13.2 Å². The highest BCUT2D eigenvalue weighted by Gasteiger charge is 2.28. The van der Waals surface area contributed by atoms with E-state index in [0.29, 0.717) is 32.3 Å². The van der Waals surface area contributed by atoms with Crippen LogP contribution in [0, 0.1) is 5.92 Å². The number of hydrogen-bond donors (Lipinski definition) is 0. The second kappa shape index (κ2) is 12.8. The summed E-state index contributed by atoms with van der Waals surface area (Å²) in [5.74, 6) is -0.378. The van der Waals surface area contributed by atoms with Gasteiger partial charge >= 0.3 is 11.9 Å². The SMILES string of the molecule is C=CCc1cc(OC)ccc1OCCCCC(C(=O)OCC)C(=O)OCC. The summed E-state index contributed by atoms with van der Waals surface area (Å²) in [6, 6.07) is 5.64. The largest absolute Gasteiger partial charge is 0.497 e. The summed E-state index contributed by atoms with van der Waals surface area (Å²) in [7, 11) is 1.62. The zero-order valence-corrected chi connectivity index (χ0v) is 16.5. The van der Waals surface area contributed by atoms with Crippen LogP contribution in [-0.2, 0) is 25.5 Å². The molecule has 150 valence electrons. The van der Waals surface area contributed by atoms with E-state index in [1.54, 1.807) is 21.0 Å². The Bertz CT molecular complexity index is 593. The summed E-state index contributed by atoms with van der Waals surface area (Å²) in [6.07, 6.45) is 4.22. The molecule has 1 aromatic rings. The number of hydrogen-bond acceptors (Lipinski definition) is 6. The van der Waals surface area contributed by atoms with E-state index in [9.17, 15) is 9.59 Å². The summed E-state index contributed by atoms with van der Waals surface area (Å²) in [6.45, 7) is 8.14. The van der Waals surface area contributed by atoms with Gasteiger partial charge in [0.2, 0.25) is 0 Å². The standard InChI is InChI=1S/C21H30O6/c1-5-10-16-15-17(24-4)12-13-19(16)27-14-9-8-11-18(20(22)25-6-2)21(23)26-7-3/h5,12-13,15,18H,1,6-11,14H2,2-4H3. The van der Waals surface area contributed by atoms with Crippen molar-refractivity contribution in [2.45, 2.75) is 39.5 Å². The first-order valence-electron chi connectivity index (χ1n) is 9.31. The number of methoxy groups -OCH3 is 1. The summed E-state index contributed by atoms with van der Waals surface area (Å²) < 4.78 is 21.0. The van der Waals surface area contributed by atoms with Crippen molar-refractivity contribution in [3.8, 4) is 11.5 Å². The van der Waals surface area contributed by atoms with Gasteiger partial charge < -0.3 is 18.9 Å². The van der Waals surface area contributed by atoms with Gasteiger partial charge in [-0.2, -0.15) is 0 Å². The van der Waals surface area contributed by atoms with E-state index >= 15 is 0 Å². The van der Waals surface area contributed by atoms with Crippen molar-refractivity contribution >= 4 is 11.9 Å². The molecule has 0 unspecified atom stereocenters. The summed E-state index contributed by atoms with van der Waals surface area (Å²) in [5.41, 5.74) is 1.00. The smallest absolute Gasteiger partial charge is 0.320 e. The minimum Gasteiger partial charge on any atom is -0.497 e. The lowest BCUT2D eigenvalue weighted by atomic mass is 10.0. The Kier molecular flexibility index (Phi) is 10.7. The van der Waals surface area contributed by atoms with Crippen LogP contribution in [0.2, 0.25) is 0 Å². The van der Waals surface area contributed by atoms with Gasteiger partial charge in [0.25, 0.3) is 0 Å². The molecule has 0 amide bonds. The molecule has 0 bridgehead atoms. The predicted molar refractivity (Wildman–Crippen MR) is 103 cm³/mol. The van der Waals surface area contributed by atoms with Crippen LogP contribution in [0.25, 0.3) is 0 Å². The Labute approximate surface area is 161 Å². The Balaban J connectivity index is 2.53. The fourth-order valence-electron chi connectivity index (χ4n) is 2.59. The van der Waals surface area contributed by atoms with Crippen LogP contribution in [0.1, 0.15) is 38.7 Å². The molecule has 0 heterocycles. The maximum absolute atomic E-state index is 11.9. The van der Waals surface area contributed by atoms with Crippen molar-refractivity contribution in [3.05, 3.63) is 36.4 Å². The maximum Gasteiger partial charge on any atom is 0.320 e. The molecule has 1 rings (SSSR count). The van der Waals surface area contributed by atoms with Crippen LogP contribution in [0.5, 0.6) is 11.5 Å². The van der Waals surface area contributed by atoms with Crippen molar-refractivity contribution in [2.24, 2.45) is 5.92 Å². The lowest BCUT2D eigenvalue weighted by Crippen LogP contribution is -2.28. The first kappa shape index (κ1) is 22.5. The first-order valence-corrected chi connectivity index (χ1v) is 9.31. The number of ether oxygens (including phenoxy) is 4. The fraction of sp³-hybridized carbons (Fsp3) is 0.524.